The van der Waals surface area contributed by atoms with Crippen LogP contribution in [-0.4, -0.2) is 65.2 Å². The van der Waals surface area contributed by atoms with Gasteiger partial charge in [-0.3, -0.25) is 9.69 Å². The summed E-state index contributed by atoms with van der Waals surface area (Å²) in [5, 5.41) is 2.53. The SMILES string of the molecule is C=CC(=O)[N+]1=C(C)CN(C[C@@H](Oc2ccc(C(=O)NC)nc2)c2ccc(C)c(F)c2)CC1. The molecule has 3 rings (SSSR count). The van der Waals surface area contributed by atoms with E-state index in [1.807, 2.05) is 13.0 Å². The third kappa shape index (κ3) is 5.45. The van der Waals surface area contributed by atoms with Crippen molar-refractivity contribution in [2.45, 2.75) is 20.0 Å². The maximum atomic E-state index is 14.3. The Bertz CT molecular complexity index is 1050. The number of amides is 2. The number of nitrogens with zero attached hydrogens (tertiary/aromatic N) is 3. The first-order chi connectivity index (χ1) is 15.3. The highest BCUT2D eigenvalue weighted by Crippen LogP contribution is 2.25. The normalized spacial score (nSPS) is 15.2. The molecule has 2 heterocycles. The molecule has 1 aromatic heterocycles. The van der Waals surface area contributed by atoms with Gasteiger partial charge < -0.3 is 10.1 Å². The van der Waals surface area contributed by atoms with E-state index in [-0.39, 0.29) is 23.3 Å². The second-order valence-electron chi connectivity index (χ2n) is 7.74. The van der Waals surface area contributed by atoms with Crippen molar-refractivity contribution in [3.63, 3.8) is 0 Å². The Morgan fingerprint density at radius 2 is 2.12 bits per heavy atom. The number of pyridine rings is 1. The Balaban J connectivity index is 1.82. The van der Waals surface area contributed by atoms with E-state index in [4.69, 9.17) is 4.74 Å². The van der Waals surface area contributed by atoms with E-state index >= 15 is 0 Å². The average Bonchev–Trinajstić information content (AvgIpc) is 2.80. The molecule has 1 aliphatic heterocycles. The largest absolute Gasteiger partial charge is 0.483 e. The number of ether oxygens (including phenoxy) is 1. The molecule has 8 heteroatoms. The molecule has 2 amide bonds. The van der Waals surface area contributed by atoms with Crippen LogP contribution in [0.2, 0.25) is 0 Å². The van der Waals surface area contributed by atoms with Crippen molar-refractivity contribution in [1.29, 1.82) is 0 Å². The van der Waals surface area contributed by atoms with Gasteiger partial charge in [-0.15, -0.1) is 0 Å². The summed E-state index contributed by atoms with van der Waals surface area (Å²) >= 11 is 0. The molecule has 1 N–H and O–H groups in total. The van der Waals surface area contributed by atoms with Crippen molar-refractivity contribution in [2.24, 2.45) is 0 Å². The van der Waals surface area contributed by atoms with Gasteiger partial charge in [-0.1, -0.05) is 18.7 Å². The monoisotopic (exact) mass is 439 g/mol. The quantitative estimate of drug-likeness (QED) is 0.530. The van der Waals surface area contributed by atoms with Crippen LogP contribution in [-0.2, 0) is 4.79 Å². The maximum Gasteiger partial charge on any atom is 0.411 e. The van der Waals surface area contributed by atoms with E-state index < -0.39 is 6.10 Å². The number of hydrogen-bond donors (Lipinski definition) is 1. The Morgan fingerprint density at radius 3 is 2.72 bits per heavy atom. The molecule has 0 fully saturated rings. The predicted molar refractivity (Wildman–Crippen MR) is 120 cm³/mol. The summed E-state index contributed by atoms with van der Waals surface area (Å²) in [7, 11) is 1.54. The fraction of sp³-hybridized carbons (Fsp3) is 0.333. The van der Waals surface area contributed by atoms with Crippen LogP contribution in [0.25, 0.3) is 0 Å². The highest BCUT2D eigenvalue weighted by atomic mass is 19.1. The molecule has 1 aromatic carbocycles. The summed E-state index contributed by atoms with van der Waals surface area (Å²) < 4.78 is 22.2. The van der Waals surface area contributed by atoms with E-state index in [9.17, 15) is 14.0 Å². The Kier molecular flexibility index (Phi) is 7.48. The van der Waals surface area contributed by atoms with E-state index in [0.717, 1.165) is 5.71 Å². The maximum absolute atomic E-state index is 14.3. The molecule has 0 aliphatic carbocycles. The topological polar surface area (TPSA) is 74.5 Å². The van der Waals surface area contributed by atoms with E-state index in [1.165, 1.54) is 25.4 Å². The van der Waals surface area contributed by atoms with Crippen LogP contribution < -0.4 is 10.1 Å². The molecule has 1 aliphatic rings. The second-order valence-corrected chi connectivity index (χ2v) is 7.74. The Morgan fingerprint density at radius 1 is 1.34 bits per heavy atom. The summed E-state index contributed by atoms with van der Waals surface area (Å²) in [4.78, 5) is 30.0. The number of carbonyl (C=O) groups excluding carboxylic acids is 2. The Labute approximate surface area is 187 Å². The van der Waals surface area contributed by atoms with Crippen LogP contribution in [0.5, 0.6) is 5.75 Å². The van der Waals surface area contributed by atoms with Crippen molar-refractivity contribution in [3.8, 4) is 5.75 Å². The number of carbonyl (C=O) groups is 2. The zero-order chi connectivity index (χ0) is 23.3. The molecule has 168 valence electrons. The van der Waals surface area contributed by atoms with Gasteiger partial charge in [0.05, 0.1) is 19.3 Å². The highest BCUT2D eigenvalue weighted by Gasteiger charge is 2.29. The van der Waals surface area contributed by atoms with Crippen LogP contribution in [0.1, 0.15) is 34.6 Å². The predicted octanol–water partition coefficient (Wildman–Crippen LogP) is 2.51. The molecule has 32 heavy (non-hydrogen) atoms. The number of nitrogens with one attached hydrogen (secondary N) is 1. The zero-order valence-electron chi connectivity index (χ0n) is 18.6. The minimum Gasteiger partial charge on any atom is -0.483 e. The first-order valence-corrected chi connectivity index (χ1v) is 10.4. The third-order valence-electron chi connectivity index (χ3n) is 5.46. The van der Waals surface area contributed by atoms with Gasteiger partial charge in [0.1, 0.15) is 23.4 Å². The molecule has 0 bridgehead atoms. The summed E-state index contributed by atoms with van der Waals surface area (Å²) in [6.07, 6.45) is 2.34. The number of aryl methyl sites for hydroxylation is 1. The van der Waals surface area contributed by atoms with Crippen LogP contribution in [0.15, 0.2) is 49.2 Å². The van der Waals surface area contributed by atoms with Gasteiger partial charge in [0.25, 0.3) is 5.91 Å². The van der Waals surface area contributed by atoms with Gasteiger partial charge in [0.15, 0.2) is 12.3 Å². The minimum atomic E-state index is -0.466. The first kappa shape index (κ1) is 23.3. The van der Waals surface area contributed by atoms with Crippen LogP contribution in [0.3, 0.4) is 0 Å². The Hall–Kier alpha value is -3.39. The first-order valence-electron chi connectivity index (χ1n) is 10.4. The number of hydrogen-bond acceptors (Lipinski definition) is 5. The van der Waals surface area contributed by atoms with Crippen molar-refractivity contribution >= 4 is 17.5 Å². The van der Waals surface area contributed by atoms with Crippen molar-refractivity contribution in [2.75, 3.05) is 33.2 Å². The van der Waals surface area contributed by atoms with Crippen LogP contribution in [0, 0.1) is 12.7 Å². The molecular formula is C24H28FN4O3+. The van der Waals surface area contributed by atoms with Gasteiger partial charge in [0.2, 0.25) is 0 Å². The molecule has 2 aromatic rings. The van der Waals surface area contributed by atoms with Crippen molar-refractivity contribution in [1.82, 2.24) is 15.2 Å². The molecule has 0 radical (unpaired) electrons. The lowest BCUT2D eigenvalue weighted by atomic mass is 10.1. The lowest BCUT2D eigenvalue weighted by Crippen LogP contribution is -2.47. The number of halogens is 1. The van der Waals surface area contributed by atoms with Crippen LogP contribution in [0.4, 0.5) is 4.39 Å². The second kappa shape index (κ2) is 10.3. The van der Waals surface area contributed by atoms with E-state index in [0.29, 0.717) is 43.1 Å². The summed E-state index contributed by atoms with van der Waals surface area (Å²) in [5.74, 6) is -0.220. The lowest BCUT2D eigenvalue weighted by molar-refractivity contribution is -0.451. The average molecular weight is 440 g/mol. The molecule has 0 spiro atoms. The summed E-state index contributed by atoms with van der Waals surface area (Å²) in [6, 6.07) is 8.32. The third-order valence-corrected chi connectivity index (χ3v) is 5.46. The van der Waals surface area contributed by atoms with Gasteiger partial charge >= 0.3 is 5.91 Å². The van der Waals surface area contributed by atoms with E-state index in [2.05, 4.69) is 21.8 Å². The zero-order valence-corrected chi connectivity index (χ0v) is 18.6. The van der Waals surface area contributed by atoms with Crippen LogP contribution >= 0.6 is 0 Å². The molecule has 0 saturated heterocycles. The van der Waals surface area contributed by atoms with Gasteiger partial charge in [-0.2, -0.15) is 4.58 Å². The van der Waals surface area contributed by atoms with E-state index in [1.54, 1.807) is 29.7 Å². The minimum absolute atomic E-state index is 0.113. The van der Waals surface area contributed by atoms with Gasteiger partial charge in [-0.25, -0.2) is 14.2 Å². The lowest BCUT2D eigenvalue weighted by Gasteiger charge is -2.29. The van der Waals surface area contributed by atoms with Gasteiger partial charge in [-0.05, 0) is 36.2 Å². The molecule has 0 unspecified atom stereocenters. The molecule has 0 saturated carbocycles. The fourth-order valence-corrected chi connectivity index (χ4v) is 3.62. The van der Waals surface area contributed by atoms with Crippen molar-refractivity contribution in [3.05, 3.63) is 71.8 Å². The number of aromatic nitrogens is 1. The molecular weight excluding hydrogens is 411 g/mol. The molecule has 7 nitrogen and oxygen atoms in total. The smallest absolute Gasteiger partial charge is 0.411 e. The highest BCUT2D eigenvalue weighted by molar-refractivity contribution is 5.92. The molecule has 1 atom stereocenters. The van der Waals surface area contributed by atoms with Gasteiger partial charge in [0, 0.05) is 26.6 Å². The fourth-order valence-electron chi connectivity index (χ4n) is 3.62. The summed E-state index contributed by atoms with van der Waals surface area (Å²) in [5.41, 5.74) is 2.47. The van der Waals surface area contributed by atoms with Crippen molar-refractivity contribution < 1.29 is 23.3 Å². The summed E-state index contributed by atoms with van der Waals surface area (Å²) in [6.45, 7) is 9.46. The number of rotatable bonds is 7. The number of benzene rings is 1. The standard InChI is InChI=1S/C24H27FN4O3/c1-5-23(30)29-11-10-28(14-17(29)3)15-22(18-7-6-16(2)20(25)12-18)32-19-8-9-21(27-13-19)24(31)26-4/h5-9,12-13,22H,1,10-11,14-15H2,2-4H3/p+1/t22-/m1/s1.